The van der Waals surface area contributed by atoms with Gasteiger partial charge in [-0.25, -0.2) is 4.98 Å². The van der Waals surface area contributed by atoms with Crippen LogP contribution in [0.5, 0.6) is 0 Å². The molecule has 0 radical (unpaired) electrons. The standard InChI is InChI=1S/C21H22Cl2N4/c1-21(2,17-4-3-5-18(23)24-17)20-26-25-19(15-8-9-15)27(20)13-12-14-6-10-16(22)11-7-14/h3-7,10-11,15H,8-9,12-13H2,1-2H3. The summed E-state index contributed by atoms with van der Waals surface area (Å²) in [6, 6.07) is 13.8. The van der Waals surface area contributed by atoms with E-state index in [1.165, 1.54) is 18.4 Å². The van der Waals surface area contributed by atoms with Gasteiger partial charge in [0.1, 0.15) is 16.8 Å². The van der Waals surface area contributed by atoms with Crippen molar-refractivity contribution in [2.75, 3.05) is 0 Å². The molecular weight excluding hydrogens is 379 g/mol. The first-order valence-electron chi connectivity index (χ1n) is 9.26. The highest BCUT2D eigenvalue weighted by Crippen LogP contribution is 2.41. The van der Waals surface area contributed by atoms with Crippen LogP contribution < -0.4 is 0 Å². The van der Waals surface area contributed by atoms with Crippen molar-refractivity contribution in [1.29, 1.82) is 0 Å². The van der Waals surface area contributed by atoms with Crippen molar-refractivity contribution in [2.45, 2.75) is 51.0 Å². The molecular formula is C21H22Cl2N4. The number of aryl methyl sites for hydroxylation is 1. The van der Waals surface area contributed by atoms with E-state index < -0.39 is 0 Å². The van der Waals surface area contributed by atoms with Crippen LogP contribution >= 0.6 is 23.2 Å². The third-order valence-electron chi connectivity index (χ3n) is 5.17. The number of rotatable bonds is 6. The fraction of sp³-hybridized carbons (Fsp3) is 0.381. The third-order valence-corrected chi connectivity index (χ3v) is 5.64. The molecule has 0 N–H and O–H groups in total. The minimum Gasteiger partial charge on any atom is -0.314 e. The van der Waals surface area contributed by atoms with Crippen LogP contribution in [0, 0.1) is 0 Å². The van der Waals surface area contributed by atoms with E-state index >= 15 is 0 Å². The highest BCUT2D eigenvalue weighted by atomic mass is 35.5. The zero-order chi connectivity index (χ0) is 19.0. The number of hydrogen-bond acceptors (Lipinski definition) is 3. The van der Waals surface area contributed by atoms with Crippen LogP contribution in [0.15, 0.2) is 42.5 Å². The summed E-state index contributed by atoms with van der Waals surface area (Å²) in [5.41, 5.74) is 1.77. The molecule has 0 spiro atoms. The van der Waals surface area contributed by atoms with E-state index in [9.17, 15) is 0 Å². The van der Waals surface area contributed by atoms with Gasteiger partial charge in [-0.3, -0.25) is 0 Å². The van der Waals surface area contributed by atoms with E-state index in [-0.39, 0.29) is 5.41 Å². The number of aromatic nitrogens is 4. The minimum atomic E-state index is -0.384. The fourth-order valence-corrected chi connectivity index (χ4v) is 3.69. The van der Waals surface area contributed by atoms with E-state index in [0.29, 0.717) is 11.1 Å². The Hall–Kier alpha value is -1.91. The van der Waals surface area contributed by atoms with E-state index in [1.807, 2.05) is 24.3 Å². The Bertz CT molecular complexity index is 943. The normalized spacial score (nSPS) is 14.5. The van der Waals surface area contributed by atoms with Gasteiger partial charge in [0.25, 0.3) is 0 Å². The number of halogens is 2. The zero-order valence-corrected chi connectivity index (χ0v) is 17.0. The van der Waals surface area contributed by atoms with Gasteiger partial charge in [0.15, 0.2) is 0 Å². The average Bonchev–Trinajstić information content (AvgIpc) is 3.40. The molecule has 0 saturated heterocycles. The number of pyridine rings is 1. The van der Waals surface area contributed by atoms with Gasteiger partial charge < -0.3 is 4.57 Å². The molecule has 0 atom stereocenters. The molecule has 4 nitrogen and oxygen atoms in total. The highest BCUT2D eigenvalue weighted by Gasteiger charge is 2.36. The summed E-state index contributed by atoms with van der Waals surface area (Å²) in [6.07, 6.45) is 3.28. The molecule has 140 valence electrons. The number of hydrogen-bond donors (Lipinski definition) is 0. The third kappa shape index (κ3) is 3.87. The lowest BCUT2D eigenvalue weighted by Gasteiger charge is -2.25. The second kappa shape index (κ2) is 7.25. The lowest BCUT2D eigenvalue weighted by atomic mass is 9.87. The topological polar surface area (TPSA) is 43.6 Å². The van der Waals surface area contributed by atoms with Crippen LogP contribution in [0.25, 0.3) is 0 Å². The molecule has 27 heavy (non-hydrogen) atoms. The van der Waals surface area contributed by atoms with Crippen molar-refractivity contribution in [3.63, 3.8) is 0 Å². The predicted octanol–water partition coefficient (Wildman–Crippen LogP) is 5.43. The summed E-state index contributed by atoms with van der Waals surface area (Å²) in [5.74, 6) is 2.56. The first-order valence-corrected chi connectivity index (χ1v) is 10.0. The lowest BCUT2D eigenvalue weighted by Crippen LogP contribution is -2.27. The Morgan fingerprint density at radius 2 is 1.78 bits per heavy atom. The average molecular weight is 401 g/mol. The Labute approximate surface area is 169 Å². The molecule has 1 aliphatic carbocycles. The van der Waals surface area contributed by atoms with Crippen molar-refractivity contribution in [1.82, 2.24) is 19.7 Å². The summed E-state index contributed by atoms with van der Waals surface area (Å²) in [4.78, 5) is 4.53. The molecule has 6 heteroatoms. The molecule has 0 aliphatic heterocycles. The van der Waals surface area contributed by atoms with E-state index in [1.54, 1.807) is 6.07 Å². The van der Waals surface area contributed by atoms with Gasteiger partial charge in [0.2, 0.25) is 0 Å². The molecule has 3 aromatic rings. The lowest BCUT2D eigenvalue weighted by molar-refractivity contribution is 0.509. The summed E-state index contributed by atoms with van der Waals surface area (Å²) in [6.45, 7) is 5.09. The molecule has 1 saturated carbocycles. The number of benzene rings is 1. The Kier molecular flexibility index (Phi) is 4.95. The van der Waals surface area contributed by atoms with Gasteiger partial charge in [-0.05, 0) is 62.9 Å². The van der Waals surface area contributed by atoms with Gasteiger partial charge in [-0.1, -0.05) is 41.4 Å². The molecule has 0 amide bonds. The van der Waals surface area contributed by atoms with Gasteiger partial charge in [0, 0.05) is 17.5 Å². The molecule has 1 fully saturated rings. The molecule has 0 unspecified atom stereocenters. The monoisotopic (exact) mass is 400 g/mol. The summed E-state index contributed by atoms with van der Waals surface area (Å²) in [5, 5.41) is 10.4. The minimum absolute atomic E-state index is 0.384. The van der Waals surface area contributed by atoms with Crippen LogP contribution in [0.3, 0.4) is 0 Å². The second-order valence-corrected chi connectivity index (χ2v) is 8.48. The van der Waals surface area contributed by atoms with Gasteiger partial charge in [-0.15, -0.1) is 10.2 Å². The van der Waals surface area contributed by atoms with Crippen molar-refractivity contribution in [2.24, 2.45) is 0 Å². The van der Waals surface area contributed by atoms with Gasteiger partial charge in [-0.2, -0.15) is 0 Å². The predicted molar refractivity (Wildman–Crippen MR) is 109 cm³/mol. The molecule has 0 bridgehead atoms. The van der Waals surface area contributed by atoms with Crippen LogP contribution in [0.2, 0.25) is 10.2 Å². The largest absolute Gasteiger partial charge is 0.314 e. The molecule has 1 aliphatic rings. The summed E-state index contributed by atoms with van der Waals surface area (Å²) >= 11 is 12.1. The number of nitrogens with zero attached hydrogens (tertiary/aromatic N) is 4. The molecule has 4 rings (SSSR count). The maximum Gasteiger partial charge on any atom is 0.144 e. The summed E-state index contributed by atoms with van der Waals surface area (Å²) in [7, 11) is 0. The maximum absolute atomic E-state index is 6.13. The second-order valence-electron chi connectivity index (χ2n) is 7.65. The van der Waals surface area contributed by atoms with Crippen LogP contribution in [0.4, 0.5) is 0 Å². The molecule has 2 heterocycles. The fourth-order valence-electron chi connectivity index (χ4n) is 3.40. The molecule has 2 aromatic heterocycles. The van der Waals surface area contributed by atoms with Crippen LogP contribution in [-0.2, 0) is 18.4 Å². The van der Waals surface area contributed by atoms with Crippen LogP contribution in [-0.4, -0.2) is 19.7 Å². The smallest absolute Gasteiger partial charge is 0.144 e. The Balaban J connectivity index is 1.67. The first kappa shape index (κ1) is 18.5. The summed E-state index contributed by atoms with van der Waals surface area (Å²) < 4.78 is 2.29. The maximum atomic E-state index is 6.13. The van der Waals surface area contributed by atoms with E-state index in [0.717, 1.165) is 35.3 Å². The Morgan fingerprint density at radius 1 is 1.04 bits per heavy atom. The van der Waals surface area contributed by atoms with Crippen LogP contribution in [0.1, 0.15) is 55.5 Å². The van der Waals surface area contributed by atoms with Gasteiger partial charge >= 0.3 is 0 Å². The quantitative estimate of drug-likeness (QED) is 0.518. The zero-order valence-electron chi connectivity index (χ0n) is 15.5. The van der Waals surface area contributed by atoms with Crippen molar-refractivity contribution >= 4 is 23.2 Å². The molecule has 1 aromatic carbocycles. The Morgan fingerprint density at radius 3 is 2.44 bits per heavy atom. The van der Waals surface area contributed by atoms with Gasteiger partial charge in [0.05, 0.1) is 11.1 Å². The van der Waals surface area contributed by atoms with E-state index in [2.05, 4.69) is 45.7 Å². The van der Waals surface area contributed by atoms with E-state index in [4.69, 9.17) is 23.2 Å². The van der Waals surface area contributed by atoms with Crippen molar-refractivity contribution in [3.8, 4) is 0 Å². The van der Waals surface area contributed by atoms with Crippen molar-refractivity contribution < 1.29 is 0 Å². The SMILES string of the molecule is CC(C)(c1cccc(Cl)n1)c1nnc(C2CC2)n1CCc1ccc(Cl)cc1. The van der Waals surface area contributed by atoms with Crippen molar-refractivity contribution in [3.05, 3.63) is 75.5 Å². The highest BCUT2D eigenvalue weighted by molar-refractivity contribution is 6.30. The first-order chi connectivity index (χ1) is 12.9.